The van der Waals surface area contributed by atoms with Crippen molar-refractivity contribution in [3.63, 3.8) is 0 Å². The normalized spacial score (nSPS) is 14.5. The number of carbonyl (C=O) groups is 1. The molecule has 0 bridgehead atoms. The van der Waals surface area contributed by atoms with Crippen molar-refractivity contribution < 1.29 is 14.3 Å². The third-order valence-electron chi connectivity index (χ3n) is 4.72. The van der Waals surface area contributed by atoms with Gasteiger partial charge < -0.3 is 14.8 Å². The third-order valence-corrected chi connectivity index (χ3v) is 5.02. The van der Waals surface area contributed by atoms with Crippen LogP contribution in [0.4, 0.5) is 10.5 Å². The first kappa shape index (κ1) is 20.5. The Hall–Kier alpha value is -2.24. The number of hydrogen-bond acceptors (Lipinski definition) is 4. The standard InChI is InChI=1S/C22H27ClN2O3/c1-2-3-14-27-21-9-8-16(15-19(21)23)18-6-4-5-7-20(18)25-22(26)28-17-10-12-24-13-11-17/h4-9,15,17,24H,2-3,10-14H2,1H3,(H,25,26). The molecule has 28 heavy (non-hydrogen) atoms. The third kappa shape index (κ3) is 5.63. The Labute approximate surface area is 171 Å². The van der Waals surface area contributed by atoms with Crippen LogP contribution in [0.1, 0.15) is 32.6 Å². The number of hydrogen-bond donors (Lipinski definition) is 2. The zero-order valence-electron chi connectivity index (χ0n) is 16.2. The summed E-state index contributed by atoms with van der Waals surface area (Å²) in [7, 11) is 0. The molecule has 1 amide bonds. The average Bonchev–Trinajstić information content (AvgIpc) is 2.70. The highest BCUT2D eigenvalue weighted by atomic mass is 35.5. The van der Waals surface area contributed by atoms with Crippen molar-refractivity contribution in [3.8, 4) is 16.9 Å². The van der Waals surface area contributed by atoms with Gasteiger partial charge in [0.25, 0.3) is 0 Å². The van der Waals surface area contributed by atoms with Gasteiger partial charge in [0.2, 0.25) is 0 Å². The minimum Gasteiger partial charge on any atom is -0.492 e. The zero-order valence-corrected chi connectivity index (χ0v) is 16.9. The first-order valence-electron chi connectivity index (χ1n) is 9.87. The van der Waals surface area contributed by atoms with E-state index in [2.05, 4.69) is 17.6 Å². The maximum atomic E-state index is 12.3. The topological polar surface area (TPSA) is 59.6 Å². The molecule has 0 atom stereocenters. The quantitative estimate of drug-likeness (QED) is 0.601. The maximum absolute atomic E-state index is 12.3. The summed E-state index contributed by atoms with van der Waals surface area (Å²) < 4.78 is 11.3. The van der Waals surface area contributed by atoms with Crippen molar-refractivity contribution in [1.82, 2.24) is 5.32 Å². The van der Waals surface area contributed by atoms with Crippen LogP contribution < -0.4 is 15.4 Å². The molecule has 0 aromatic heterocycles. The summed E-state index contributed by atoms with van der Waals surface area (Å²) in [4.78, 5) is 12.3. The SMILES string of the molecule is CCCCOc1ccc(-c2ccccc2NC(=O)OC2CCNCC2)cc1Cl. The van der Waals surface area contributed by atoms with Gasteiger partial charge in [-0.15, -0.1) is 0 Å². The van der Waals surface area contributed by atoms with E-state index in [1.807, 2.05) is 42.5 Å². The molecule has 0 saturated carbocycles. The van der Waals surface area contributed by atoms with E-state index in [9.17, 15) is 4.79 Å². The lowest BCUT2D eigenvalue weighted by atomic mass is 10.0. The number of piperidine rings is 1. The number of unbranched alkanes of at least 4 members (excludes halogenated alkanes) is 1. The Morgan fingerprint density at radius 1 is 1.21 bits per heavy atom. The fraction of sp³-hybridized carbons (Fsp3) is 0.409. The first-order chi connectivity index (χ1) is 13.7. The molecule has 1 heterocycles. The van der Waals surface area contributed by atoms with Gasteiger partial charge in [-0.3, -0.25) is 5.32 Å². The molecule has 1 aliphatic rings. The number of para-hydroxylation sites is 1. The van der Waals surface area contributed by atoms with E-state index >= 15 is 0 Å². The number of ether oxygens (including phenoxy) is 2. The van der Waals surface area contributed by atoms with Crippen molar-refractivity contribution in [3.05, 3.63) is 47.5 Å². The van der Waals surface area contributed by atoms with E-state index in [0.29, 0.717) is 23.1 Å². The Morgan fingerprint density at radius 2 is 2.00 bits per heavy atom. The molecule has 0 unspecified atom stereocenters. The van der Waals surface area contributed by atoms with Crippen molar-refractivity contribution >= 4 is 23.4 Å². The van der Waals surface area contributed by atoms with Crippen LogP contribution in [0.25, 0.3) is 11.1 Å². The Kier molecular flexibility index (Phi) is 7.57. The summed E-state index contributed by atoms with van der Waals surface area (Å²) >= 11 is 6.40. The largest absolute Gasteiger partial charge is 0.492 e. The molecular formula is C22H27ClN2O3. The van der Waals surface area contributed by atoms with E-state index in [1.54, 1.807) is 0 Å². The second-order valence-corrected chi connectivity index (χ2v) is 7.28. The molecule has 0 radical (unpaired) electrons. The molecular weight excluding hydrogens is 376 g/mol. The molecule has 2 N–H and O–H groups in total. The summed E-state index contributed by atoms with van der Waals surface area (Å²) in [5.41, 5.74) is 2.48. The van der Waals surface area contributed by atoms with Crippen molar-refractivity contribution in [2.45, 2.75) is 38.7 Å². The molecule has 1 saturated heterocycles. The molecule has 3 rings (SSSR count). The summed E-state index contributed by atoms with van der Waals surface area (Å²) in [6.45, 7) is 4.52. The predicted molar refractivity (Wildman–Crippen MR) is 113 cm³/mol. The van der Waals surface area contributed by atoms with Crippen LogP contribution in [-0.4, -0.2) is 31.9 Å². The molecule has 2 aromatic carbocycles. The molecule has 2 aromatic rings. The van der Waals surface area contributed by atoms with Crippen LogP contribution in [-0.2, 0) is 4.74 Å². The average molecular weight is 403 g/mol. The van der Waals surface area contributed by atoms with Crippen molar-refractivity contribution in [2.75, 3.05) is 25.0 Å². The van der Waals surface area contributed by atoms with Gasteiger partial charge in [0.05, 0.1) is 17.3 Å². The highest BCUT2D eigenvalue weighted by Gasteiger charge is 2.18. The van der Waals surface area contributed by atoms with Gasteiger partial charge in [-0.1, -0.05) is 49.2 Å². The van der Waals surface area contributed by atoms with Crippen LogP contribution in [0.15, 0.2) is 42.5 Å². The van der Waals surface area contributed by atoms with Crippen molar-refractivity contribution in [1.29, 1.82) is 0 Å². The monoisotopic (exact) mass is 402 g/mol. The Morgan fingerprint density at radius 3 is 2.75 bits per heavy atom. The molecule has 6 heteroatoms. The fourth-order valence-corrected chi connectivity index (χ4v) is 3.39. The molecule has 150 valence electrons. The van der Waals surface area contributed by atoms with Crippen LogP contribution in [0.5, 0.6) is 5.75 Å². The van der Waals surface area contributed by atoms with E-state index < -0.39 is 6.09 Å². The number of rotatable bonds is 7. The molecule has 0 aliphatic carbocycles. The van der Waals surface area contributed by atoms with E-state index in [-0.39, 0.29) is 6.10 Å². The summed E-state index contributed by atoms with van der Waals surface area (Å²) in [5.74, 6) is 0.676. The van der Waals surface area contributed by atoms with E-state index in [1.165, 1.54) is 0 Å². The van der Waals surface area contributed by atoms with Crippen molar-refractivity contribution in [2.24, 2.45) is 0 Å². The van der Waals surface area contributed by atoms with Gasteiger partial charge in [-0.2, -0.15) is 0 Å². The van der Waals surface area contributed by atoms with Gasteiger partial charge >= 0.3 is 6.09 Å². The minimum atomic E-state index is -0.426. The first-order valence-corrected chi connectivity index (χ1v) is 10.2. The minimum absolute atomic E-state index is 0.0394. The van der Waals surface area contributed by atoms with Gasteiger partial charge in [-0.05, 0) is 56.1 Å². The lowest BCUT2D eigenvalue weighted by Crippen LogP contribution is -2.34. The van der Waals surface area contributed by atoms with Gasteiger partial charge in [0.1, 0.15) is 11.9 Å². The molecule has 5 nitrogen and oxygen atoms in total. The van der Waals surface area contributed by atoms with E-state index in [0.717, 1.165) is 49.9 Å². The number of nitrogens with one attached hydrogen (secondary N) is 2. The van der Waals surface area contributed by atoms with Crippen LogP contribution in [0, 0.1) is 0 Å². The highest BCUT2D eigenvalue weighted by Crippen LogP contribution is 2.34. The second kappa shape index (κ2) is 10.3. The van der Waals surface area contributed by atoms with Gasteiger partial charge in [-0.25, -0.2) is 4.79 Å². The van der Waals surface area contributed by atoms with Gasteiger partial charge in [0, 0.05) is 5.56 Å². The summed E-state index contributed by atoms with van der Waals surface area (Å²) in [6, 6.07) is 13.3. The van der Waals surface area contributed by atoms with E-state index in [4.69, 9.17) is 21.1 Å². The zero-order chi connectivity index (χ0) is 19.8. The number of anilines is 1. The summed E-state index contributed by atoms with van der Waals surface area (Å²) in [6.07, 6.45) is 3.27. The number of carbonyl (C=O) groups excluding carboxylic acids is 1. The lowest BCUT2D eigenvalue weighted by Gasteiger charge is -2.23. The molecule has 1 fully saturated rings. The number of halogens is 1. The predicted octanol–water partition coefficient (Wildman–Crippen LogP) is 5.49. The van der Waals surface area contributed by atoms with Crippen LogP contribution in [0.3, 0.4) is 0 Å². The number of amides is 1. The Balaban J connectivity index is 1.70. The Bertz CT molecular complexity index is 791. The number of benzene rings is 2. The molecule has 0 spiro atoms. The second-order valence-electron chi connectivity index (χ2n) is 6.87. The summed E-state index contributed by atoms with van der Waals surface area (Å²) in [5, 5.41) is 6.69. The maximum Gasteiger partial charge on any atom is 0.411 e. The highest BCUT2D eigenvalue weighted by molar-refractivity contribution is 6.32. The smallest absolute Gasteiger partial charge is 0.411 e. The lowest BCUT2D eigenvalue weighted by molar-refractivity contribution is 0.0909. The molecule has 1 aliphatic heterocycles. The van der Waals surface area contributed by atoms with Crippen LogP contribution >= 0.6 is 11.6 Å². The fourth-order valence-electron chi connectivity index (χ4n) is 3.16. The van der Waals surface area contributed by atoms with Gasteiger partial charge in [0.15, 0.2) is 0 Å². The van der Waals surface area contributed by atoms with Crippen LogP contribution in [0.2, 0.25) is 5.02 Å².